The lowest BCUT2D eigenvalue weighted by molar-refractivity contribution is -0.144. The number of ether oxygens (including phenoxy) is 1. The van der Waals surface area contributed by atoms with Gasteiger partial charge in [-0.1, -0.05) is 23.7 Å². The van der Waals surface area contributed by atoms with Gasteiger partial charge in [0.25, 0.3) is 0 Å². The fraction of sp³-hybridized carbons (Fsp3) is 0.188. The van der Waals surface area contributed by atoms with E-state index in [2.05, 4.69) is 5.32 Å². The topological polar surface area (TPSA) is 98.5 Å². The molecular formula is C16H17ClN2O4S. The van der Waals surface area contributed by atoms with E-state index in [0.29, 0.717) is 16.3 Å². The van der Waals surface area contributed by atoms with Crippen LogP contribution in [0.1, 0.15) is 18.5 Å². The summed E-state index contributed by atoms with van der Waals surface area (Å²) < 4.78 is 27.7. The monoisotopic (exact) mass is 368 g/mol. The standard InChI is InChI=1S/C16H17ClN2O4S/c1-2-23-16(20)15(11-3-5-12(17)6-4-11)19-13-7-9-14(10-8-13)24(18,21)22/h3-10,15,19H,2H2,1H3,(H2,18,21,22). The molecule has 1 unspecified atom stereocenters. The molecule has 2 aromatic rings. The zero-order valence-corrected chi connectivity index (χ0v) is 14.5. The number of anilines is 1. The summed E-state index contributed by atoms with van der Waals surface area (Å²) in [6.45, 7) is 1.96. The summed E-state index contributed by atoms with van der Waals surface area (Å²) in [5.41, 5.74) is 1.23. The van der Waals surface area contributed by atoms with Crippen molar-refractivity contribution < 1.29 is 17.9 Å². The Hall–Kier alpha value is -2.09. The molecule has 6 nitrogen and oxygen atoms in total. The maximum Gasteiger partial charge on any atom is 0.333 e. The highest BCUT2D eigenvalue weighted by atomic mass is 35.5. The molecular weight excluding hydrogens is 352 g/mol. The van der Waals surface area contributed by atoms with Crippen molar-refractivity contribution in [3.63, 3.8) is 0 Å². The van der Waals surface area contributed by atoms with E-state index in [-0.39, 0.29) is 11.5 Å². The van der Waals surface area contributed by atoms with Crippen LogP contribution in [-0.2, 0) is 19.6 Å². The van der Waals surface area contributed by atoms with E-state index in [0.717, 1.165) is 0 Å². The van der Waals surface area contributed by atoms with Crippen molar-refractivity contribution in [3.8, 4) is 0 Å². The van der Waals surface area contributed by atoms with E-state index in [4.69, 9.17) is 21.5 Å². The Morgan fingerprint density at radius 1 is 1.17 bits per heavy atom. The van der Waals surface area contributed by atoms with Gasteiger partial charge >= 0.3 is 5.97 Å². The highest BCUT2D eigenvalue weighted by Crippen LogP contribution is 2.23. The molecule has 0 heterocycles. The van der Waals surface area contributed by atoms with Gasteiger partial charge in [0, 0.05) is 10.7 Å². The Morgan fingerprint density at radius 3 is 2.25 bits per heavy atom. The van der Waals surface area contributed by atoms with Crippen LogP contribution in [-0.4, -0.2) is 21.0 Å². The number of halogens is 1. The maximum atomic E-state index is 12.2. The second kappa shape index (κ2) is 7.65. The molecule has 0 saturated heterocycles. The molecule has 24 heavy (non-hydrogen) atoms. The quantitative estimate of drug-likeness (QED) is 0.764. The molecule has 0 spiro atoms. The Bertz CT molecular complexity index is 805. The first-order valence-corrected chi connectivity index (χ1v) is 9.05. The van der Waals surface area contributed by atoms with Crippen molar-refractivity contribution in [2.24, 2.45) is 5.14 Å². The van der Waals surface area contributed by atoms with E-state index >= 15 is 0 Å². The lowest BCUT2D eigenvalue weighted by atomic mass is 10.1. The lowest BCUT2D eigenvalue weighted by Crippen LogP contribution is -2.23. The van der Waals surface area contributed by atoms with Crippen molar-refractivity contribution in [1.82, 2.24) is 0 Å². The first kappa shape index (κ1) is 18.3. The van der Waals surface area contributed by atoms with E-state index in [1.54, 1.807) is 31.2 Å². The zero-order valence-electron chi connectivity index (χ0n) is 12.9. The van der Waals surface area contributed by atoms with Crippen LogP contribution in [0.2, 0.25) is 5.02 Å². The van der Waals surface area contributed by atoms with E-state index in [1.807, 2.05) is 0 Å². The van der Waals surface area contributed by atoms with Crippen molar-refractivity contribution in [2.45, 2.75) is 17.9 Å². The molecule has 3 N–H and O–H groups in total. The van der Waals surface area contributed by atoms with Crippen LogP contribution in [0.3, 0.4) is 0 Å². The molecule has 0 aromatic heterocycles. The van der Waals surface area contributed by atoms with E-state index in [9.17, 15) is 13.2 Å². The number of sulfonamides is 1. The van der Waals surface area contributed by atoms with Gasteiger partial charge in [0.05, 0.1) is 11.5 Å². The highest BCUT2D eigenvalue weighted by Gasteiger charge is 2.22. The molecule has 128 valence electrons. The number of hydrogen-bond acceptors (Lipinski definition) is 5. The third-order valence-electron chi connectivity index (χ3n) is 3.22. The predicted octanol–water partition coefficient (Wildman–Crippen LogP) is 2.70. The van der Waals surface area contributed by atoms with Gasteiger partial charge in [0.2, 0.25) is 10.0 Å². The van der Waals surface area contributed by atoms with Crippen molar-refractivity contribution in [3.05, 3.63) is 59.1 Å². The number of primary sulfonamides is 1. The second-order valence-electron chi connectivity index (χ2n) is 4.95. The smallest absolute Gasteiger partial charge is 0.333 e. The number of carbonyl (C=O) groups is 1. The fourth-order valence-electron chi connectivity index (χ4n) is 2.07. The Labute approximate surface area is 145 Å². The number of esters is 1. The Kier molecular flexibility index (Phi) is 5.82. The lowest BCUT2D eigenvalue weighted by Gasteiger charge is -2.19. The summed E-state index contributed by atoms with van der Waals surface area (Å²) in [7, 11) is -3.76. The SMILES string of the molecule is CCOC(=O)C(Nc1ccc(S(N)(=O)=O)cc1)c1ccc(Cl)cc1. The molecule has 0 aliphatic carbocycles. The Balaban J connectivity index is 2.28. The minimum atomic E-state index is -3.76. The molecule has 0 aliphatic rings. The number of hydrogen-bond donors (Lipinski definition) is 2. The predicted molar refractivity (Wildman–Crippen MR) is 92.3 cm³/mol. The zero-order chi connectivity index (χ0) is 17.7. The van der Waals surface area contributed by atoms with Gasteiger partial charge in [-0.3, -0.25) is 0 Å². The van der Waals surface area contributed by atoms with Gasteiger partial charge < -0.3 is 10.1 Å². The minimum Gasteiger partial charge on any atom is -0.464 e. The average molecular weight is 369 g/mol. The van der Waals surface area contributed by atoms with Crippen molar-refractivity contribution in [2.75, 3.05) is 11.9 Å². The molecule has 0 fully saturated rings. The van der Waals surface area contributed by atoms with Gasteiger partial charge in [-0.25, -0.2) is 18.4 Å². The van der Waals surface area contributed by atoms with Crippen molar-refractivity contribution in [1.29, 1.82) is 0 Å². The van der Waals surface area contributed by atoms with Gasteiger partial charge in [-0.15, -0.1) is 0 Å². The van der Waals surface area contributed by atoms with Gasteiger partial charge in [-0.05, 0) is 48.9 Å². The van der Waals surface area contributed by atoms with E-state index in [1.165, 1.54) is 24.3 Å². The van der Waals surface area contributed by atoms with Crippen LogP contribution in [0.5, 0.6) is 0 Å². The third-order valence-corrected chi connectivity index (χ3v) is 4.40. The molecule has 1 atom stereocenters. The summed E-state index contributed by atoms with van der Waals surface area (Å²) in [4.78, 5) is 12.2. The van der Waals surface area contributed by atoms with Crippen LogP contribution in [0, 0.1) is 0 Å². The molecule has 0 amide bonds. The molecule has 0 saturated carbocycles. The molecule has 0 aliphatic heterocycles. The number of nitrogens with two attached hydrogens (primary N) is 1. The number of benzene rings is 2. The summed E-state index contributed by atoms with van der Waals surface area (Å²) in [5.74, 6) is -0.449. The second-order valence-corrected chi connectivity index (χ2v) is 6.95. The number of rotatable bonds is 6. The van der Waals surface area contributed by atoms with Gasteiger partial charge in [0.1, 0.15) is 0 Å². The third kappa shape index (κ3) is 4.70. The summed E-state index contributed by atoms with van der Waals surface area (Å²) in [6.07, 6.45) is 0. The number of nitrogens with one attached hydrogen (secondary N) is 1. The van der Waals surface area contributed by atoms with Gasteiger partial charge in [-0.2, -0.15) is 0 Å². The summed E-state index contributed by atoms with van der Waals surface area (Å²) in [5, 5.41) is 8.65. The molecule has 0 radical (unpaired) electrons. The van der Waals surface area contributed by atoms with Crippen LogP contribution >= 0.6 is 11.6 Å². The van der Waals surface area contributed by atoms with Crippen LogP contribution in [0.25, 0.3) is 0 Å². The van der Waals surface area contributed by atoms with Gasteiger partial charge in [0.15, 0.2) is 6.04 Å². The summed E-state index contributed by atoms with van der Waals surface area (Å²) >= 11 is 5.87. The van der Waals surface area contributed by atoms with Crippen LogP contribution in [0.4, 0.5) is 5.69 Å². The first-order valence-electron chi connectivity index (χ1n) is 7.12. The van der Waals surface area contributed by atoms with Crippen molar-refractivity contribution >= 4 is 33.3 Å². The average Bonchev–Trinajstić information content (AvgIpc) is 2.53. The van der Waals surface area contributed by atoms with E-state index < -0.39 is 22.0 Å². The highest BCUT2D eigenvalue weighted by molar-refractivity contribution is 7.89. The van der Waals surface area contributed by atoms with Crippen LogP contribution in [0.15, 0.2) is 53.4 Å². The molecule has 2 rings (SSSR count). The maximum absolute atomic E-state index is 12.2. The largest absolute Gasteiger partial charge is 0.464 e. The Morgan fingerprint density at radius 2 is 1.75 bits per heavy atom. The fourth-order valence-corrected chi connectivity index (χ4v) is 2.71. The normalized spacial score (nSPS) is 12.5. The molecule has 0 bridgehead atoms. The molecule has 2 aromatic carbocycles. The number of carbonyl (C=O) groups excluding carboxylic acids is 1. The minimum absolute atomic E-state index is 0.00720. The summed E-state index contributed by atoms with van der Waals surface area (Å²) in [6, 6.07) is 11.8. The van der Waals surface area contributed by atoms with Crippen LogP contribution < -0.4 is 10.5 Å². The molecule has 8 heteroatoms. The first-order chi connectivity index (χ1) is 11.3.